The molecule has 0 spiro atoms. The average molecular weight is 497 g/mol. The fourth-order valence-corrected chi connectivity index (χ4v) is 4.34. The normalized spacial score (nSPS) is 12.8. The number of nitrogens with two attached hydrogens (primary N) is 1. The van der Waals surface area contributed by atoms with Gasteiger partial charge in [-0.1, -0.05) is 12.1 Å². The van der Waals surface area contributed by atoms with E-state index in [1.807, 2.05) is 56.3 Å². The van der Waals surface area contributed by atoms with E-state index < -0.39 is 5.97 Å². The van der Waals surface area contributed by atoms with Crippen molar-refractivity contribution in [1.29, 1.82) is 0 Å². The van der Waals surface area contributed by atoms with Gasteiger partial charge in [0.05, 0.1) is 28.4 Å². The summed E-state index contributed by atoms with van der Waals surface area (Å²) in [6.07, 6.45) is 1.64. The molecule has 10 nitrogen and oxygen atoms in total. The SMILES string of the molecule is CC(C)n1ncc2c(C(=O)OCc3nc(N)c4ccccc4n3)cc(-c3ccc4c(c3)OCCO4)nc21. The topological polar surface area (TPSA) is 127 Å². The number of para-hydroxylation sites is 1. The molecular formula is C27H24N6O4. The van der Waals surface area contributed by atoms with Gasteiger partial charge in [0.2, 0.25) is 0 Å². The highest BCUT2D eigenvalue weighted by Crippen LogP contribution is 2.35. The summed E-state index contributed by atoms with van der Waals surface area (Å²) in [6.45, 7) is 4.86. The summed E-state index contributed by atoms with van der Waals surface area (Å²) >= 11 is 0. The maximum atomic E-state index is 13.4. The Bertz CT molecular complexity index is 1660. The van der Waals surface area contributed by atoms with E-state index in [0.717, 1.165) is 10.9 Å². The minimum atomic E-state index is -0.537. The molecule has 0 unspecified atom stereocenters. The van der Waals surface area contributed by atoms with Gasteiger partial charge in [0.15, 0.2) is 29.6 Å². The number of fused-ring (bicyclic) bond motifs is 3. The zero-order valence-corrected chi connectivity index (χ0v) is 20.3. The summed E-state index contributed by atoms with van der Waals surface area (Å²) in [7, 11) is 0. The van der Waals surface area contributed by atoms with E-state index in [1.165, 1.54) is 0 Å². The highest BCUT2D eigenvalue weighted by molar-refractivity contribution is 6.03. The van der Waals surface area contributed by atoms with Gasteiger partial charge in [-0.3, -0.25) is 0 Å². The molecule has 0 radical (unpaired) electrons. The quantitative estimate of drug-likeness (QED) is 0.354. The predicted octanol–water partition coefficient (Wildman–Crippen LogP) is 4.33. The number of pyridine rings is 1. The van der Waals surface area contributed by atoms with Gasteiger partial charge in [-0.25, -0.2) is 24.4 Å². The van der Waals surface area contributed by atoms with Gasteiger partial charge in [0, 0.05) is 17.0 Å². The number of nitrogens with zero attached hydrogens (tertiary/aromatic N) is 5. The van der Waals surface area contributed by atoms with Crippen LogP contribution in [0.3, 0.4) is 0 Å². The van der Waals surface area contributed by atoms with Crippen LogP contribution < -0.4 is 15.2 Å². The molecule has 0 fully saturated rings. The molecule has 37 heavy (non-hydrogen) atoms. The van der Waals surface area contributed by atoms with Crippen LogP contribution in [0.2, 0.25) is 0 Å². The summed E-state index contributed by atoms with van der Waals surface area (Å²) in [5.41, 5.74) is 9.06. The van der Waals surface area contributed by atoms with Crippen LogP contribution in [0.5, 0.6) is 11.5 Å². The van der Waals surface area contributed by atoms with E-state index in [4.69, 9.17) is 24.9 Å². The number of carbonyl (C=O) groups excluding carboxylic acids is 1. The number of rotatable bonds is 5. The summed E-state index contributed by atoms with van der Waals surface area (Å²) in [5.74, 6) is 1.43. The Kier molecular flexibility index (Phi) is 5.56. The lowest BCUT2D eigenvalue weighted by atomic mass is 10.1. The number of esters is 1. The Labute approximate surface area is 212 Å². The molecule has 4 heterocycles. The predicted molar refractivity (Wildman–Crippen MR) is 137 cm³/mol. The van der Waals surface area contributed by atoms with Crippen molar-refractivity contribution in [2.45, 2.75) is 26.5 Å². The Balaban J connectivity index is 1.37. The minimum Gasteiger partial charge on any atom is -0.486 e. The first kappa shape index (κ1) is 22.7. The number of nitrogen functional groups attached to an aromatic ring is 1. The molecule has 0 atom stereocenters. The zero-order chi connectivity index (χ0) is 25.5. The van der Waals surface area contributed by atoms with Crippen LogP contribution in [-0.4, -0.2) is 43.9 Å². The molecule has 186 valence electrons. The molecule has 10 heteroatoms. The molecule has 0 saturated carbocycles. The maximum Gasteiger partial charge on any atom is 0.339 e. The van der Waals surface area contributed by atoms with E-state index >= 15 is 0 Å². The number of ether oxygens (including phenoxy) is 3. The number of anilines is 1. The van der Waals surface area contributed by atoms with Crippen LogP contribution >= 0.6 is 0 Å². The molecular weight excluding hydrogens is 472 g/mol. The van der Waals surface area contributed by atoms with Crippen LogP contribution in [0.4, 0.5) is 5.82 Å². The van der Waals surface area contributed by atoms with Crippen LogP contribution in [0.15, 0.2) is 54.7 Å². The van der Waals surface area contributed by atoms with Gasteiger partial charge >= 0.3 is 5.97 Å². The van der Waals surface area contributed by atoms with E-state index in [2.05, 4.69) is 15.1 Å². The summed E-state index contributed by atoms with van der Waals surface area (Å²) in [4.78, 5) is 27.0. The number of hydrogen-bond donors (Lipinski definition) is 1. The lowest BCUT2D eigenvalue weighted by Gasteiger charge is -2.19. The molecule has 1 aliphatic rings. The van der Waals surface area contributed by atoms with Gasteiger partial charge in [0.1, 0.15) is 19.0 Å². The summed E-state index contributed by atoms with van der Waals surface area (Å²) in [5, 5.41) is 5.81. The van der Waals surface area contributed by atoms with E-state index in [0.29, 0.717) is 64.2 Å². The van der Waals surface area contributed by atoms with Gasteiger partial charge in [0.25, 0.3) is 0 Å². The van der Waals surface area contributed by atoms with Crippen molar-refractivity contribution in [3.63, 3.8) is 0 Å². The number of aromatic nitrogens is 5. The smallest absolute Gasteiger partial charge is 0.339 e. The second-order valence-corrected chi connectivity index (χ2v) is 8.95. The highest BCUT2D eigenvalue weighted by Gasteiger charge is 2.21. The first-order chi connectivity index (χ1) is 18.0. The van der Waals surface area contributed by atoms with Gasteiger partial charge < -0.3 is 19.9 Å². The van der Waals surface area contributed by atoms with Gasteiger partial charge in [-0.15, -0.1) is 0 Å². The zero-order valence-electron chi connectivity index (χ0n) is 20.3. The second kappa shape index (κ2) is 9.05. The fourth-order valence-electron chi connectivity index (χ4n) is 4.34. The van der Waals surface area contributed by atoms with Gasteiger partial charge in [-0.2, -0.15) is 5.10 Å². The first-order valence-electron chi connectivity index (χ1n) is 11.9. The molecule has 0 aliphatic carbocycles. The highest BCUT2D eigenvalue weighted by atomic mass is 16.6. The average Bonchev–Trinajstić information content (AvgIpc) is 3.35. The molecule has 0 amide bonds. The van der Waals surface area contributed by atoms with E-state index in [9.17, 15) is 4.79 Å². The Morgan fingerprint density at radius 2 is 1.84 bits per heavy atom. The number of benzene rings is 2. The van der Waals surface area contributed by atoms with Crippen molar-refractivity contribution in [1.82, 2.24) is 24.7 Å². The number of hydrogen-bond acceptors (Lipinski definition) is 9. The number of carbonyl (C=O) groups is 1. The van der Waals surface area contributed by atoms with Crippen molar-refractivity contribution < 1.29 is 19.0 Å². The van der Waals surface area contributed by atoms with Crippen molar-refractivity contribution in [3.05, 3.63) is 66.1 Å². The van der Waals surface area contributed by atoms with E-state index in [-0.39, 0.29) is 12.6 Å². The molecule has 5 aromatic rings. The van der Waals surface area contributed by atoms with Crippen LogP contribution in [-0.2, 0) is 11.3 Å². The van der Waals surface area contributed by atoms with Crippen molar-refractivity contribution in [2.24, 2.45) is 0 Å². The fraction of sp³-hybridized carbons (Fsp3) is 0.222. The lowest BCUT2D eigenvalue weighted by molar-refractivity contribution is 0.0465. The third kappa shape index (κ3) is 4.16. The first-order valence-corrected chi connectivity index (χ1v) is 11.9. The summed E-state index contributed by atoms with van der Waals surface area (Å²) in [6, 6.07) is 14.8. The molecule has 3 aromatic heterocycles. The minimum absolute atomic E-state index is 0.0401. The van der Waals surface area contributed by atoms with Crippen LogP contribution in [0, 0.1) is 0 Å². The molecule has 0 bridgehead atoms. The third-order valence-electron chi connectivity index (χ3n) is 6.13. The molecule has 6 rings (SSSR count). The Morgan fingerprint density at radius 1 is 1.03 bits per heavy atom. The van der Waals surface area contributed by atoms with Crippen molar-refractivity contribution in [2.75, 3.05) is 18.9 Å². The van der Waals surface area contributed by atoms with Crippen LogP contribution in [0.1, 0.15) is 36.1 Å². The monoisotopic (exact) mass is 496 g/mol. The Hall–Kier alpha value is -4.73. The largest absolute Gasteiger partial charge is 0.486 e. The van der Waals surface area contributed by atoms with Crippen molar-refractivity contribution in [3.8, 4) is 22.8 Å². The molecule has 2 aromatic carbocycles. The molecule has 2 N–H and O–H groups in total. The van der Waals surface area contributed by atoms with E-state index in [1.54, 1.807) is 16.9 Å². The third-order valence-corrected chi connectivity index (χ3v) is 6.13. The standard InChI is InChI=1S/C27H24N6O4/c1-15(2)33-26-19(13-29-33)18(12-21(31-26)16-7-8-22-23(11-16)36-10-9-35-22)27(34)37-14-24-30-20-6-4-3-5-17(20)25(28)32-24/h3-8,11-13,15H,9-10,14H2,1-2H3,(H2,28,30,32). The molecule has 0 saturated heterocycles. The van der Waals surface area contributed by atoms with Crippen LogP contribution in [0.25, 0.3) is 33.2 Å². The Morgan fingerprint density at radius 3 is 2.68 bits per heavy atom. The molecule has 1 aliphatic heterocycles. The van der Waals surface area contributed by atoms with Crippen molar-refractivity contribution >= 4 is 33.7 Å². The lowest BCUT2D eigenvalue weighted by Crippen LogP contribution is -2.15. The summed E-state index contributed by atoms with van der Waals surface area (Å²) < 4.78 is 18.8. The van der Waals surface area contributed by atoms with Gasteiger partial charge in [-0.05, 0) is 50.2 Å². The maximum absolute atomic E-state index is 13.4. The second-order valence-electron chi connectivity index (χ2n) is 8.95.